The fourth-order valence-corrected chi connectivity index (χ4v) is 18.7. The van der Waals surface area contributed by atoms with E-state index in [0.717, 1.165) is 84.9 Å². The molecule has 430 valence electrons. The molecule has 0 atom stereocenters. The SMILES string of the molecule is c1ccc(N(c2ccc3c(c2)Oc2ccccc2C32c3ccccc3-c3ccccc32)c2ccc(-c3ccc(N(c4ccc5c(c4)C4(c6ccccc6O5)c5ccccc5-c5ccccc54)c4ccc5c(c4)sc4ccccc45)cc3)c3sc4ccccc4c23)cc1. The second kappa shape index (κ2) is 19.6. The van der Waals surface area contributed by atoms with Gasteiger partial charge < -0.3 is 19.3 Å². The molecule has 2 aliphatic carbocycles. The Morgan fingerprint density at radius 2 is 0.696 bits per heavy atom. The van der Waals surface area contributed by atoms with Crippen molar-refractivity contribution in [3.63, 3.8) is 0 Å². The molecule has 4 nitrogen and oxygen atoms in total. The molecule has 0 fully saturated rings. The van der Waals surface area contributed by atoms with Crippen molar-refractivity contribution in [2.24, 2.45) is 0 Å². The van der Waals surface area contributed by atoms with Gasteiger partial charge in [-0.05, 0) is 147 Å². The monoisotopic (exact) mass is 1210 g/mol. The van der Waals surface area contributed by atoms with Gasteiger partial charge in [0.2, 0.25) is 0 Å². The molecular weight excluding hydrogens is 1160 g/mol. The Morgan fingerprint density at radius 1 is 0.250 bits per heavy atom. The first-order valence-electron chi connectivity index (χ1n) is 31.5. The summed E-state index contributed by atoms with van der Waals surface area (Å²) in [6.45, 7) is 0. The average molecular weight is 1210 g/mol. The standard InChI is InChI=1S/C86H52N2O2S2/c1-2-20-54(21-3-1)88(57-43-47-73-79(51-57)90-77-35-17-14-32-71(77)85(73)67-28-10-4-22-60(67)61-23-5-11-29-68(61)85)75-48-46-59(84-83(75)66-27-9-19-37-81(66)92-84)53-38-40-55(41-39-53)87(58-42-45-65-64-26-8-18-36-80(64)91-82(65)52-58)56-44-49-78-74(50-56)86(72-33-15-16-34-76(72)89-78)69-30-12-6-24-62(69)63-25-7-13-31-70(63)86/h1-52H. The van der Waals surface area contributed by atoms with Crippen LogP contribution in [0, 0.1) is 0 Å². The van der Waals surface area contributed by atoms with E-state index >= 15 is 0 Å². The fraction of sp³-hybridized carbons (Fsp3) is 0.0233. The Morgan fingerprint density at radius 3 is 1.35 bits per heavy atom. The smallest absolute Gasteiger partial charge is 0.134 e. The lowest BCUT2D eigenvalue weighted by atomic mass is 9.66. The number of anilines is 6. The van der Waals surface area contributed by atoms with Crippen LogP contribution in [0.2, 0.25) is 0 Å². The molecule has 2 aliphatic heterocycles. The second-order valence-corrected chi connectivity index (χ2v) is 26.6. The van der Waals surface area contributed by atoms with Gasteiger partial charge in [0.05, 0.1) is 16.5 Å². The Hall–Kier alpha value is -11.3. The van der Waals surface area contributed by atoms with Crippen LogP contribution < -0.4 is 19.3 Å². The molecule has 6 heteroatoms. The van der Waals surface area contributed by atoms with Crippen molar-refractivity contribution in [1.29, 1.82) is 0 Å². The highest BCUT2D eigenvalue weighted by Crippen LogP contribution is 2.65. The molecule has 0 saturated heterocycles. The van der Waals surface area contributed by atoms with Gasteiger partial charge in [-0.25, -0.2) is 0 Å². The molecule has 14 aromatic carbocycles. The van der Waals surface area contributed by atoms with Crippen LogP contribution in [0.15, 0.2) is 315 Å². The van der Waals surface area contributed by atoms with E-state index in [2.05, 4.69) is 325 Å². The number of nitrogens with zero attached hydrogens (tertiary/aromatic N) is 2. The maximum atomic E-state index is 7.14. The number of rotatable bonds is 7. The number of hydrogen-bond acceptors (Lipinski definition) is 6. The van der Waals surface area contributed by atoms with Gasteiger partial charge in [-0.15, -0.1) is 22.7 Å². The Balaban J connectivity index is 0.749. The van der Waals surface area contributed by atoms with Crippen LogP contribution in [0.5, 0.6) is 23.0 Å². The molecular formula is C86H52N2O2S2. The third-order valence-electron chi connectivity index (χ3n) is 20.0. The Bertz CT molecular complexity index is 5670. The molecule has 4 aliphatic rings. The third-order valence-corrected chi connectivity index (χ3v) is 22.3. The fourth-order valence-electron chi connectivity index (χ4n) is 16.3. The summed E-state index contributed by atoms with van der Waals surface area (Å²) < 4.78 is 19.1. The van der Waals surface area contributed by atoms with Gasteiger partial charge in [0.15, 0.2) is 0 Å². The van der Waals surface area contributed by atoms with Crippen LogP contribution in [-0.2, 0) is 10.8 Å². The molecule has 0 bridgehead atoms. The number of para-hydroxylation sites is 3. The van der Waals surface area contributed by atoms with Crippen LogP contribution in [0.1, 0.15) is 44.5 Å². The molecule has 4 heterocycles. The third kappa shape index (κ3) is 7.10. The van der Waals surface area contributed by atoms with Gasteiger partial charge in [0.25, 0.3) is 0 Å². The van der Waals surface area contributed by atoms with Crippen LogP contribution >= 0.6 is 22.7 Å². The first kappa shape index (κ1) is 51.6. The molecule has 0 saturated carbocycles. The predicted octanol–water partition coefficient (Wildman–Crippen LogP) is 24.0. The van der Waals surface area contributed by atoms with Gasteiger partial charge in [-0.3, -0.25) is 0 Å². The van der Waals surface area contributed by atoms with Gasteiger partial charge in [-0.1, -0.05) is 218 Å². The largest absolute Gasteiger partial charge is 0.457 e. The minimum atomic E-state index is -0.617. The molecule has 2 spiro atoms. The summed E-state index contributed by atoms with van der Waals surface area (Å²) in [4.78, 5) is 4.87. The van der Waals surface area contributed by atoms with E-state index in [-0.39, 0.29) is 0 Å². The number of fused-ring (bicyclic) bond motifs is 24. The lowest BCUT2D eigenvalue weighted by molar-refractivity contribution is 0.436. The van der Waals surface area contributed by atoms with E-state index in [1.807, 2.05) is 22.7 Å². The summed E-state index contributed by atoms with van der Waals surface area (Å²) in [5, 5.41) is 4.97. The van der Waals surface area contributed by atoms with Crippen molar-refractivity contribution in [2.75, 3.05) is 9.80 Å². The highest BCUT2D eigenvalue weighted by atomic mass is 32.1. The van der Waals surface area contributed by atoms with Crippen LogP contribution in [0.25, 0.3) is 73.7 Å². The quantitative estimate of drug-likeness (QED) is 0.159. The molecule has 0 unspecified atom stereocenters. The van der Waals surface area contributed by atoms with E-state index in [1.165, 1.54) is 90.4 Å². The van der Waals surface area contributed by atoms with Gasteiger partial charge in [0.1, 0.15) is 23.0 Å². The normalized spacial score (nSPS) is 13.8. The number of benzene rings is 14. The van der Waals surface area contributed by atoms with Gasteiger partial charge in [0, 0.05) is 97.1 Å². The van der Waals surface area contributed by atoms with Gasteiger partial charge in [-0.2, -0.15) is 0 Å². The first-order chi connectivity index (χ1) is 45.6. The number of ether oxygens (including phenoxy) is 2. The molecule has 20 rings (SSSR count). The molecule has 92 heavy (non-hydrogen) atoms. The summed E-state index contributed by atoms with van der Waals surface area (Å²) in [5.74, 6) is 3.45. The zero-order valence-corrected chi connectivity index (χ0v) is 51.2. The number of thiophene rings is 2. The molecule has 0 N–H and O–H groups in total. The van der Waals surface area contributed by atoms with Crippen molar-refractivity contribution in [1.82, 2.24) is 0 Å². The van der Waals surface area contributed by atoms with E-state index in [0.29, 0.717) is 0 Å². The molecule has 0 radical (unpaired) electrons. The summed E-state index contributed by atoms with van der Waals surface area (Å²) >= 11 is 3.71. The van der Waals surface area contributed by atoms with Crippen molar-refractivity contribution in [2.45, 2.75) is 10.8 Å². The average Bonchev–Trinajstić information content (AvgIpc) is 1.48. The van der Waals surface area contributed by atoms with Crippen LogP contribution in [-0.4, -0.2) is 0 Å². The minimum Gasteiger partial charge on any atom is -0.457 e. The zero-order chi connectivity index (χ0) is 60.2. The molecule has 2 aromatic heterocycles. The van der Waals surface area contributed by atoms with E-state index < -0.39 is 10.8 Å². The topological polar surface area (TPSA) is 24.9 Å². The molecule has 16 aromatic rings. The van der Waals surface area contributed by atoms with E-state index in [1.54, 1.807) is 0 Å². The van der Waals surface area contributed by atoms with Crippen LogP contribution in [0.3, 0.4) is 0 Å². The van der Waals surface area contributed by atoms with Crippen molar-refractivity contribution in [3.05, 3.63) is 360 Å². The Kier molecular flexibility index (Phi) is 11.0. The summed E-state index contributed by atoms with van der Waals surface area (Å²) in [7, 11) is 0. The first-order valence-corrected chi connectivity index (χ1v) is 33.1. The van der Waals surface area contributed by atoms with Gasteiger partial charge >= 0.3 is 0 Å². The van der Waals surface area contributed by atoms with Crippen LogP contribution in [0.4, 0.5) is 34.1 Å². The summed E-state index contributed by atoms with van der Waals surface area (Å²) in [6, 6.07) is 116. The zero-order valence-electron chi connectivity index (χ0n) is 49.5. The number of hydrogen-bond donors (Lipinski definition) is 0. The highest BCUT2D eigenvalue weighted by Gasteiger charge is 2.53. The molecule has 0 amide bonds. The maximum absolute atomic E-state index is 7.14. The summed E-state index contributed by atoms with van der Waals surface area (Å²) in [6.07, 6.45) is 0. The van der Waals surface area contributed by atoms with Crippen molar-refractivity contribution in [3.8, 4) is 56.4 Å². The second-order valence-electron chi connectivity index (χ2n) is 24.5. The van der Waals surface area contributed by atoms with E-state index in [4.69, 9.17) is 9.47 Å². The van der Waals surface area contributed by atoms with Crippen molar-refractivity contribution >= 4 is 97.1 Å². The minimum absolute atomic E-state index is 0.564. The highest BCUT2D eigenvalue weighted by molar-refractivity contribution is 7.26. The maximum Gasteiger partial charge on any atom is 0.134 e. The lowest BCUT2D eigenvalue weighted by Gasteiger charge is -2.40. The van der Waals surface area contributed by atoms with E-state index in [9.17, 15) is 0 Å². The summed E-state index contributed by atoms with van der Waals surface area (Å²) in [5.41, 5.74) is 22.1. The Labute approximate surface area is 540 Å². The lowest BCUT2D eigenvalue weighted by Crippen LogP contribution is -2.32. The van der Waals surface area contributed by atoms with Crippen molar-refractivity contribution < 1.29 is 9.47 Å². The predicted molar refractivity (Wildman–Crippen MR) is 382 cm³/mol.